The highest BCUT2D eigenvalue weighted by Crippen LogP contribution is 2.24. The van der Waals surface area contributed by atoms with Gasteiger partial charge in [-0.2, -0.15) is 0 Å². The van der Waals surface area contributed by atoms with Crippen molar-refractivity contribution in [1.29, 1.82) is 0 Å². The van der Waals surface area contributed by atoms with Crippen LogP contribution >= 0.6 is 0 Å². The maximum Gasteiger partial charge on any atom is 0.154 e. The summed E-state index contributed by atoms with van der Waals surface area (Å²) in [5.41, 5.74) is 4.54. The van der Waals surface area contributed by atoms with Crippen molar-refractivity contribution in [2.45, 2.75) is 31.1 Å². The van der Waals surface area contributed by atoms with Crippen LogP contribution in [0.2, 0.25) is 0 Å². The minimum Gasteiger partial charge on any atom is -0.331 e. The molecule has 1 aromatic heterocycles. The molecule has 0 bridgehead atoms. The van der Waals surface area contributed by atoms with E-state index in [0.717, 1.165) is 16.9 Å². The summed E-state index contributed by atoms with van der Waals surface area (Å²) < 4.78 is 24.9. The van der Waals surface area contributed by atoms with Gasteiger partial charge in [0.15, 0.2) is 9.84 Å². The molecular weight excluding hydrogens is 288 g/mol. The Hall–Kier alpha value is -1.44. The molecule has 21 heavy (non-hydrogen) atoms. The number of nitrogens with one attached hydrogen (secondary N) is 1. The molecule has 0 saturated carbocycles. The lowest BCUT2D eigenvalue weighted by molar-refractivity contribution is 0.405. The second-order valence-corrected chi connectivity index (χ2v) is 8.47. The molecule has 2 aromatic rings. The summed E-state index contributed by atoms with van der Waals surface area (Å²) in [7, 11) is -1.33. The van der Waals surface area contributed by atoms with Crippen molar-refractivity contribution in [3.63, 3.8) is 0 Å². The smallest absolute Gasteiger partial charge is 0.154 e. The number of hydrogen-bond acceptors (Lipinski definition) is 5. The first-order valence-electron chi connectivity index (χ1n) is 6.74. The lowest BCUT2D eigenvalue weighted by atomic mass is 10.0. The third kappa shape index (κ3) is 2.81. The van der Waals surface area contributed by atoms with Gasteiger partial charge in [0.25, 0.3) is 0 Å². The average molecular weight is 310 g/mol. The molecule has 0 amide bonds. The van der Waals surface area contributed by atoms with Gasteiger partial charge in [-0.05, 0) is 26.0 Å². The Bertz CT molecular complexity index is 749. The molecule has 0 aliphatic heterocycles. The zero-order valence-corrected chi connectivity index (χ0v) is 13.6. The fourth-order valence-electron chi connectivity index (χ4n) is 2.32. The highest BCUT2D eigenvalue weighted by Gasteiger charge is 2.39. The zero-order valence-electron chi connectivity index (χ0n) is 12.8. The number of nitrogens with two attached hydrogens (primary N) is 1. The van der Waals surface area contributed by atoms with Crippen LogP contribution < -0.4 is 11.3 Å². The first kappa shape index (κ1) is 15.9. The molecule has 116 valence electrons. The van der Waals surface area contributed by atoms with Crippen LogP contribution in [0.1, 0.15) is 19.7 Å². The van der Waals surface area contributed by atoms with Gasteiger partial charge in [-0.15, -0.1) is 0 Å². The molecule has 0 spiro atoms. The van der Waals surface area contributed by atoms with E-state index in [2.05, 4.69) is 10.4 Å². The molecule has 6 nitrogen and oxygen atoms in total. The lowest BCUT2D eigenvalue weighted by Crippen LogP contribution is -2.55. The molecule has 3 N–H and O–H groups in total. The highest BCUT2D eigenvalue weighted by molar-refractivity contribution is 7.92. The molecule has 0 fully saturated rings. The van der Waals surface area contributed by atoms with Gasteiger partial charge in [0.2, 0.25) is 0 Å². The van der Waals surface area contributed by atoms with Crippen LogP contribution in [0.15, 0.2) is 24.3 Å². The van der Waals surface area contributed by atoms with Crippen molar-refractivity contribution in [3.8, 4) is 0 Å². The molecule has 1 heterocycles. The number of rotatable bonds is 5. The van der Waals surface area contributed by atoms with E-state index in [1.807, 2.05) is 35.9 Å². The number of aromatic nitrogens is 2. The Kier molecular flexibility index (Phi) is 4.10. The van der Waals surface area contributed by atoms with E-state index in [1.165, 1.54) is 6.26 Å². The fourth-order valence-corrected chi connectivity index (χ4v) is 2.99. The highest BCUT2D eigenvalue weighted by atomic mass is 32.2. The van der Waals surface area contributed by atoms with Crippen molar-refractivity contribution in [1.82, 2.24) is 15.0 Å². The lowest BCUT2D eigenvalue weighted by Gasteiger charge is -2.31. The Morgan fingerprint density at radius 3 is 2.52 bits per heavy atom. The minimum absolute atomic E-state index is 0.428. The second kappa shape index (κ2) is 5.40. The first-order valence-corrected chi connectivity index (χ1v) is 8.63. The van der Waals surface area contributed by atoms with Crippen LogP contribution in [-0.2, 0) is 23.3 Å². The first-order chi connectivity index (χ1) is 9.68. The zero-order chi connectivity index (χ0) is 15.8. The van der Waals surface area contributed by atoms with Gasteiger partial charge < -0.3 is 4.57 Å². The monoisotopic (exact) mass is 310 g/mol. The van der Waals surface area contributed by atoms with Crippen LogP contribution in [0.3, 0.4) is 0 Å². The average Bonchev–Trinajstić information content (AvgIpc) is 2.72. The quantitative estimate of drug-likeness (QED) is 0.629. The van der Waals surface area contributed by atoms with E-state index in [-0.39, 0.29) is 0 Å². The van der Waals surface area contributed by atoms with Crippen molar-refractivity contribution < 1.29 is 8.42 Å². The molecule has 0 saturated heterocycles. The molecule has 0 aliphatic carbocycles. The van der Waals surface area contributed by atoms with Crippen LogP contribution in [0, 0.1) is 0 Å². The Balaban J connectivity index is 2.40. The summed E-state index contributed by atoms with van der Waals surface area (Å²) in [6.45, 7) is 3.35. The molecule has 7 heteroatoms. The van der Waals surface area contributed by atoms with Gasteiger partial charge in [-0.25, -0.2) is 13.4 Å². The molecule has 2 rings (SSSR count). The number of hydrazine groups is 1. The maximum absolute atomic E-state index is 12.0. The molecule has 1 aromatic carbocycles. The number of sulfone groups is 1. The van der Waals surface area contributed by atoms with Gasteiger partial charge >= 0.3 is 0 Å². The maximum atomic E-state index is 12.0. The Morgan fingerprint density at radius 2 is 2.00 bits per heavy atom. The van der Waals surface area contributed by atoms with Crippen molar-refractivity contribution in [2.24, 2.45) is 12.9 Å². The standard InChI is InChI=1S/C14H22N4O2S/c1-14(2,21(4,19)20)12(17-15)9-13-16-10-7-5-6-8-11(10)18(13)3/h5-8,12,17H,9,15H2,1-4H3. The third-order valence-electron chi connectivity index (χ3n) is 4.26. The van der Waals surface area contributed by atoms with Crippen LogP contribution in [0.4, 0.5) is 0 Å². The van der Waals surface area contributed by atoms with Crippen molar-refractivity contribution in [2.75, 3.05) is 6.26 Å². The molecule has 1 atom stereocenters. The molecule has 0 radical (unpaired) electrons. The number of aryl methyl sites for hydroxylation is 1. The van der Waals surface area contributed by atoms with Gasteiger partial charge in [0, 0.05) is 25.8 Å². The molecule has 1 unspecified atom stereocenters. The van der Waals surface area contributed by atoms with E-state index in [1.54, 1.807) is 13.8 Å². The fraction of sp³-hybridized carbons (Fsp3) is 0.500. The van der Waals surface area contributed by atoms with Gasteiger partial charge in [0.1, 0.15) is 5.82 Å². The molecular formula is C14H22N4O2S. The minimum atomic E-state index is -3.26. The van der Waals surface area contributed by atoms with Gasteiger partial charge in [0.05, 0.1) is 15.8 Å². The number of nitrogens with zero attached hydrogens (tertiary/aromatic N) is 2. The number of imidazole rings is 1. The van der Waals surface area contributed by atoms with Gasteiger partial charge in [-0.3, -0.25) is 11.3 Å². The van der Waals surface area contributed by atoms with E-state index in [0.29, 0.717) is 6.42 Å². The normalized spacial score (nSPS) is 14.5. The summed E-state index contributed by atoms with van der Waals surface area (Å²) in [5, 5.41) is 0. The Labute approximate surface area is 125 Å². The number of hydrogen-bond donors (Lipinski definition) is 2. The predicted molar refractivity (Wildman–Crippen MR) is 84.5 cm³/mol. The van der Waals surface area contributed by atoms with Crippen LogP contribution in [-0.4, -0.2) is 35.0 Å². The van der Waals surface area contributed by atoms with Crippen LogP contribution in [0.5, 0.6) is 0 Å². The third-order valence-corrected chi connectivity index (χ3v) is 6.46. The number of benzene rings is 1. The topological polar surface area (TPSA) is 90.0 Å². The summed E-state index contributed by atoms with van der Waals surface area (Å²) in [5.74, 6) is 6.40. The summed E-state index contributed by atoms with van der Waals surface area (Å²) in [6, 6.07) is 7.37. The van der Waals surface area contributed by atoms with E-state index < -0.39 is 20.6 Å². The largest absolute Gasteiger partial charge is 0.331 e. The summed E-state index contributed by atoms with van der Waals surface area (Å²) >= 11 is 0. The van der Waals surface area contributed by atoms with E-state index in [4.69, 9.17) is 5.84 Å². The van der Waals surface area contributed by atoms with Crippen molar-refractivity contribution in [3.05, 3.63) is 30.1 Å². The van der Waals surface area contributed by atoms with Crippen LogP contribution in [0.25, 0.3) is 11.0 Å². The SMILES string of the molecule is Cn1c(CC(NN)C(C)(C)S(C)(=O)=O)nc2ccccc21. The van der Waals surface area contributed by atoms with Crippen molar-refractivity contribution >= 4 is 20.9 Å². The number of fused-ring (bicyclic) bond motifs is 1. The summed E-state index contributed by atoms with van der Waals surface area (Å²) in [4.78, 5) is 4.57. The molecule has 0 aliphatic rings. The van der Waals surface area contributed by atoms with E-state index >= 15 is 0 Å². The second-order valence-electron chi connectivity index (χ2n) is 5.87. The Morgan fingerprint density at radius 1 is 1.38 bits per heavy atom. The summed E-state index contributed by atoms with van der Waals surface area (Å²) in [6.07, 6.45) is 1.66. The van der Waals surface area contributed by atoms with E-state index in [9.17, 15) is 8.42 Å². The number of para-hydroxylation sites is 2. The van der Waals surface area contributed by atoms with Gasteiger partial charge in [-0.1, -0.05) is 12.1 Å². The predicted octanol–water partition coefficient (Wildman–Crippen LogP) is 0.771.